The molecule has 2 aromatic rings. The molecule has 0 heterocycles. The minimum absolute atomic E-state index is 0.211. The highest BCUT2D eigenvalue weighted by Crippen LogP contribution is 2.28. The van der Waals surface area contributed by atoms with E-state index in [9.17, 15) is 14.7 Å². The van der Waals surface area contributed by atoms with Crippen LogP contribution in [0.2, 0.25) is 0 Å². The first-order chi connectivity index (χ1) is 12.9. The van der Waals surface area contributed by atoms with E-state index in [1.165, 1.54) is 0 Å². The third-order valence-corrected chi connectivity index (χ3v) is 4.43. The van der Waals surface area contributed by atoms with E-state index >= 15 is 0 Å². The van der Waals surface area contributed by atoms with Crippen LogP contribution >= 0.6 is 0 Å². The maximum Gasteiger partial charge on any atom is 0.306 e. The molecule has 0 bridgehead atoms. The number of methoxy groups -OCH3 is 2. The van der Waals surface area contributed by atoms with E-state index in [1.807, 2.05) is 24.3 Å². The highest BCUT2D eigenvalue weighted by molar-refractivity contribution is 5.79. The van der Waals surface area contributed by atoms with Gasteiger partial charge in [0.25, 0.3) is 0 Å². The fraction of sp³-hybridized carbons (Fsp3) is 0.333. The van der Waals surface area contributed by atoms with E-state index in [1.54, 1.807) is 45.4 Å². The highest BCUT2D eigenvalue weighted by Gasteiger charge is 2.31. The van der Waals surface area contributed by atoms with E-state index in [4.69, 9.17) is 9.47 Å². The van der Waals surface area contributed by atoms with Crippen LogP contribution in [0.25, 0.3) is 0 Å². The van der Waals surface area contributed by atoms with Crippen LogP contribution in [0.4, 0.5) is 0 Å². The van der Waals surface area contributed by atoms with Crippen LogP contribution in [0.1, 0.15) is 30.9 Å². The largest absolute Gasteiger partial charge is 0.497 e. The summed E-state index contributed by atoms with van der Waals surface area (Å²) in [7, 11) is 3.14. The first kappa shape index (κ1) is 20.3. The average Bonchev–Trinajstić information content (AvgIpc) is 2.66. The Morgan fingerprint density at radius 3 is 2.30 bits per heavy atom. The second-order valence-electron chi connectivity index (χ2n) is 6.53. The Kier molecular flexibility index (Phi) is 6.82. The number of ether oxygens (including phenoxy) is 2. The molecule has 2 N–H and O–H groups in total. The Labute approximate surface area is 159 Å². The number of carboxylic acids is 1. The first-order valence-corrected chi connectivity index (χ1v) is 8.66. The Morgan fingerprint density at radius 2 is 1.70 bits per heavy atom. The van der Waals surface area contributed by atoms with Gasteiger partial charge < -0.3 is 19.9 Å². The lowest BCUT2D eigenvalue weighted by Gasteiger charge is -2.30. The van der Waals surface area contributed by atoms with Crippen molar-refractivity contribution < 1.29 is 24.2 Å². The van der Waals surface area contributed by atoms with Gasteiger partial charge in [0.15, 0.2) is 0 Å². The number of hydrogen-bond donors (Lipinski definition) is 2. The third-order valence-electron chi connectivity index (χ3n) is 4.43. The smallest absolute Gasteiger partial charge is 0.306 e. The van der Waals surface area contributed by atoms with Crippen molar-refractivity contribution in [1.29, 1.82) is 0 Å². The van der Waals surface area contributed by atoms with Crippen LogP contribution in [0, 0.1) is 0 Å². The minimum atomic E-state index is -1.03. The van der Waals surface area contributed by atoms with Crippen LogP contribution in [0.5, 0.6) is 11.5 Å². The van der Waals surface area contributed by atoms with E-state index in [0.29, 0.717) is 17.7 Å². The summed E-state index contributed by atoms with van der Waals surface area (Å²) in [5.74, 6) is 0.167. The molecule has 1 unspecified atom stereocenters. The fourth-order valence-corrected chi connectivity index (χ4v) is 2.91. The van der Waals surface area contributed by atoms with Gasteiger partial charge >= 0.3 is 5.97 Å². The summed E-state index contributed by atoms with van der Waals surface area (Å²) in [4.78, 5) is 23.9. The van der Waals surface area contributed by atoms with Gasteiger partial charge in [-0.25, -0.2) is 0 Å². The zero-order valence-electron chi connectivity index (χ0n) is 15.8. The van der Waals surface area contributed by atoms with Gasteiger partial charge in [-0.3, -0.25) is 9.59 Å². The van der Waals surface area contributed by atoms with E-state index in [0.717, 1.165) is 11.3 Å². The maximum absolute atomic E-state index is 12.5. The normalized spacial score (nSPS) is 12.7. The van der Waals surface area contributed by atoms with Crippen LogP contribution < -0.4 is 14.8 Å². The number of carbonyl (C=O) groups excluding carboxylic acids is 1. The molecule has 1 atom stereocenters. The fourth-order valence-electron chi connectivity index (χ4n) is 2.91. The average molecular weight is 371 g/mol. The summed E-state index contributed by atoms with van der Waals surface area (Å²) >= 11 is 0. The molecule has 0 fully saturated rings. The molecular formula is C21H25NO5. The Morgan fingerprint density at radius 1 is 1.04 bits per heavy atom. The van der Waals surface area contributed by atoms with Crippen molar-refractivity contribution in [3.8, 4) is 11.5 Å². The Balaban J connectivity index is 2.09. The van der Waals surface area contributed by atoms with Gasteiger partial charge in [-0.15, -0.1) is 0 Å². The molecule has 0 aromatic heterocycles. The summed E-state index contributed by atoms with van der Waals surface area (Å²) in [6, 6.07) is 14.6. The van der Waals surface area contributed by atoms with Gasteiger partial charge in [0.05, 0.1) is 26.2 Å². The van der Waals surface area contributed by atoms with Crippen molar-refractivity contribution >= 4 is 11.9 Å². The molecule has 6 nitrogen and oxygen atoms in total. The summed E-state index contributed by atoms with van der Waals surface area (Å²) < 4.78 is 10.3. The number of amides is 1. The molecule has 0 aliphatic carbocycles. The van der Waals surface area contributed by atoms with Gasteiger partial charge in [0.1, 0.15) is 11.5 Å². The standard InChI is InChI=1S/C21H25NO5/c1-21(14-20(24)25,16-5-4-6-18(13-16)27-3)22-19(23)12-9-15-7-10-17(26-2)11-8-15/h4-8,10-11,13H,9,12,14H2,1-3H3,(H,22,23)(H,24,25). The van der Waals surface area contributed by atoms with Crippen molar-refractivity contribution in [1.82, 2.24) is 5.32 Å². The molecule has 0 aliphatic heterocycles. The van der Waals surface area contributed by atoms with Crippen LogP contribution in [0.15, 0.2) is 48.5 Å². The number of aryl methyl sites for hydroxylation is 1. The second-order valence-corrected chi connectivity index (χ2v) is 6.53. The van der Waals surface area contributed by atoms with Crippen LogP contribution in [0.3, 0.4) is 0 Å². The number of carbonyl (C=O) groups is 2. The lowest BCUT2D eigenvalue weighted by molar-refractivity contribution is -0.139. The molecule has 0 saturated heterocycles. The van der Waals surface area contributed by atoms with Crippen molar-refractivity contribution in [3.63, 3.8) is 0 Å². The molecule has 2 aromatic carbocycles. The summed E-state index contributed by atoms with van der Waals surface area (Å²) in [6.45, 7) is 1.71. The monoisotopic (exact) mass is 371 g/mol. The van der Waals surface area contributed by atoms with Gasteiger partial charge in [0.2, 0.25) is 5.91 Å². The zero-order chi connectivity index (χ0) is 19.9. The molecule has 0 spiro atoms. The number of hydrogen-bond acceptors (Lipinski definition) is 4. The molecule has 1 amide bonds. The number of carboxylic acid groups (broad SMARTS) is 1. The van der Waals surface area contributed by atoms with Crippen molar-refractivity contribution in [2.24, 2.45) is 0 Å². The summed E-state index contributed by atoms with van der Waals surface area (Å²) in [5, 5.41) is 12.2. The first-order valence-electron chi connectivity index (χ1n) is 8.66. The van der Waals surface area contributed by atoms with Crippen molar-refractivity contribution in [3.05, 3.63) is 59.7 Å². The summed E-state index contributed by atoms with van der Waals surface area (Å²) in [6.07, 6.45) is 0.580. The van der Waals surface area contributed by atoms with Gasteiger partial charge in [-0.1, -0.05) is 24.3 Å². The number of nitrogens with one attached hydrogen (secondary N) is 1. The van der Waals surface area contributed by atoms with Crippen LogP contribution in [-0.4, -0.2) is 31.2 Å². The zero-order valence-corrected chi connectivity index (χ0v) is 15.8. The summed E-state index contributed by atoms with van der Waals surface area (Å²) in [5.41, 5.74) is 0.659. The SMILES string of the molecule is COc1ccc(CCC(=O)NC(C)(CC(=O)O)c2cccc(OC)c2)cc1. The number of rotatable bonds is 9. The van der Waals surface area contributed by atoms with E-state index in [2.05, 4.69) is 5.32 Å². The lowest BCUT2D eigenvalue weighted by atomic mass is 9.88. The van der Waals surface area contributed by atoms with E-state index < -0.39 is 11.5 Å². The molecule has 0 saturated carbocycles. The predicted molar refractivity (Wildman–Crippen MR) is 102 cm³/mol. The molecule has 0 radical (unpaired) electrons. The third kappa shape index (κ3) is 5.74. The second kappa shape index (κ2) is 9.07. The molecular weight excluding hydrogens is 346 g/mol. The molecule has 6 heteroatoms. The Hall–Kier alpha value is -3.02. The van der Waals surface area contributed by atoms with Crippen molar-refractivity contribution in [2.45, 2.75) is 31.7 Å². The van der Waals surface area contributed by atoms with Crippen LogP contribution in [-0.2, 0) is 21.5 Å². The molecule has 144 valence electrons. The minimum Gasteiger partial charge on any atom is -0.497 e. The molecule has 27 heavy (non-hydrogen) atoms. The highest BCUT2D eigenvalue weighted by atomic mass is 16.5. The Bertz CT molecular complexity index is 787. The van der Waals surface area contributed by atoms with Gasteiger partial charge in [0, 0.05) is 6.42 Å². The topological polar surface area (TPSA) is 84.9 Å². The van der Waals surface area contributed by atoms with E-state index in [-0.39, 0.29) is 18.7 Å². The number of aliphatic carboxylic acids is 1. The molecule has 0 aliphatic rings. The quantitative estimate of drug-likeness (QED) is 0.707. The lowest BCUT2D eigenvalue weighted by Crippen LogP contribution is -2.45. The number of benzene rings is 2. The van der Waals surface area contributed by atoms with Gasteiger partial charge in [-0.2, -0.15) is 0 Å². The predicted octanol–water partition coefficient (Wildman–Crippen LogP) is 3.14. The molecule has 2 rings (SSSR count). The van der Waals surface area contributed by atoms with Crippen molar-refractivity contribution in [2.75, 3.05) is 14.2 Å². The maximum atomic E-state index is 12.5. The van der Waals surface area contributed by atoms with Gasteiger partial charge in [-0.05, 0) is 48.7 Å².